The van der Waals surface area contributed by atoms with Crippen LogP contribution in [0.15, 0.2) is 48.5 Å². The van der Waals surface area contributed by atoms with Gasteiger partial charge in [-0.2, -0.15) is 0 Å². The van der Waals surface area contributed by atoms with Gasteiger partial charge in [-0.3, -0.25) is 19.7 Å². The molecule has 1 heterocycles. The van der Waals surface area contributed by atoms with Crippen LogP contribution in [0.2, 0.25) is 5.02 Å². The Morgan fingerprint density at radius 3 is 2.43 bits per heavy atom. The molecule has 1 aromatic heterocycles. The van der Waals surface area contributed by atoms with Crippen molar-refractivity contribution in [3.63, 3.8) is 0 Å². The van der Waals surface area contributed by atoms with Gasteiger partial charge in [-0.1, -0.05) is 23.7 Å². The average molecular weight is 426 g/mol. The number of amides is 1. The van der Waals surface area contributed by atoms with E-state index in [1.807, 2.05) is 24.5 Å². The molecule has 0 radical (unpaired) electrons. The smallest absolute Gasteiger partial charge is 0.270 e. The molecule has 154 valence electrons. The molecule has 0 aliphatic carbocycles. The lowest BCUT2D eigenvalue weighted by atomic mass is 10.0. The van der Waals surface area contributed by atoms with Crippen molar-refractivity contribution in [1.82, 2.24) is 9.88 Å². The Labute approximate surface area is 178 Å². The lowest BCUT2D eigenvalue weighted by Crippen LogP contribution is -2.21. The summed E-state index contributed by atoms with van der Waals surface area (Å²) in [7, 11) is 0. The van der Waals surface area contributed by atoms with Crippen LogP contribution in [0.3, 0.4) is 0 Å². The van der Waals surface area contributed by atoms with Crippen LogP contribution >= 0.6 is 11.6 Å². The van der Waals surface area contributed by atoms with Gasteiger partial charge < -0.3 is 9.88 Å². The summed E-state index contributed by atoms with van der Waals surface area (Å²) in [4.78, 5) is 35.6. The maximum atomic E-state index is 13.3. The summed E-state index contributed by atoms with van der Waals surface area (Å²) in [6.45, 7) is 5.48. The van der Waals surface area contributed by atoms with Crippen molar-refractivity contribution >= 4 is 29.0 Å². The number of ketones is 1. The van der Waals surface area contributed by atoms with Crippen LogP contribution < -0.4 is 5.32 Å². The molecule has 0 saturated carbocycles. The number of non-ortho nitro benzene ring substituents is 1. The number of nitrogens with zero attached hydrogens (tertiary/aromatic N) is 2. The van der Waals surface area contributed by atoms with Gasteiger partial charge in [0, 0.05) is 36.0 Å². The van der Waals surface area contributed by atoms with E-state index in [1.54, 1.807) is 30.3 Å². The van der Waals surface area contributed by atoms with Crippen molar-refractivity contribution in [2.45, 2.75) is 27.3 Å². The van der Waals surface area contributed by atoms with Gasteiger partial charge in [-0.25, -0.2) is 0 Å². The van der Waals surface area contributed by atoms with Crippen LogP contribution in [0.1, 0.15) is 39.8 Å². The molecular formula is C22H20ClN3O4. The van der Waals surface area contributed by atoms with Crippen LogP contribution in [-0.4, -0.2) is 21.2 Å². The molecular weight excluding hydrogens is 406 g/mol. The zero-order valence-electron chi connectivity index (χ0n) is 16.7. The van der Waals surface area contributed by atoms with Gasteiger partial charge in [0.2, 0.25) is 5.91 Å². The Kier molecular flexibility index (Phi) is 6.03. The first-order chi connectivity index (χ1) is 14.2. The molecule has 0 aliphatic rings. The highest BCUT2D eigenvalue weighted by Gasteiger charge is 2.23. The molecule has 0 fully saturated rings. The fourth-order valence-electron chi connectivity index (χ4n) is 3.30. The van der Waals surface area contributed by atoms with Gasteiger partial charge in [0.05, 0.1) is 27.7 Å². The third kappa shape index (κ3) is 4.11. The molecule has 0 unspecified atom stereocenters. The van der Waals surface area contributed by atoms with E-state index >= 15 is 0 Å². The number of carbonyl (C=O) groups is 2. The third-order valence-corrected chi connectivity index (χ3v) is 5.22. The molecule has 8 heteroatoms. The minimum absolute atomic E-state index is 0.153. The lowest BCUT2D eigenvalue weighted by molar-refractivity contribution is -0.384. The maximum Gasteiger partial charge on any atom is 0.270 e. The van der Waals surface area contributed by atoms with Crippen molar-refractivity contribution in [2.24, 2.45) is 0 Å². The fraction of sp³-hybridized carbons (Fsp3) is 0.182. The Morgan fingerprint density at radius 2 is 1.80 bits per heavy atom. The first-order valence-corrected chi connectivity index (χ1v) is 9.58. The van der Waals surface area contributed by atoms with E-state index in [-0.39, 0.29) is 34.3 Å². The Bertz CT molecular complexity index is 1170. The molecule has 7 nitrogen and oxygen atoms in total. The molecule has 0 bridgehead atoms. The number of benzene rings is 2. The predicted molar refractivity (Wildman–Crippen MR) is 114 cm³/mol. The van der Waals surface area contributed by atoms with Crippen LogP contribution in [0.25, 0.3) is 5.69 Å². The first-order valence-electron chi connectivity index (χ1n) is 9.21. The molecule has 0 saturated heterocycles. The molecule has 1 amide bonds. The van der Waals surface area contributed by atoms with Gasteiger partial charge in [0.25, 0.3) is 5.69 Å². The second kappa shape index (κ2) is 8.51. The number of hydrogen-bond acceptors (Lipinski definition) is 4. The Morgan fingerprint density at radius 1 is 1.10 bits per heavy atom. The molecule has 1 N–H and O–H groups in total. The molecule has 0 aliphatic heterocycles. The van der Waals surface area contributed by atoms with E-state index < -0.39 is 10.7 Å². The Hall–Kier alpha value is -3.45. The van der Waals surface area contributed by atoms with Crippen molar-refractivity contribution in [1.29, 1.82) is 0 Å². The van der Waals surface area contributed by atoms with Crippen molar-refractivity contribution < 1.29 is 14.5 Å². The standard InChI is InChI=1S/C22H20ClN3O4/c1-13-10-17(12-24-15(3)27)25(14(13)2)21-9-8-16(26(29)30)11-19(21)22(28)18-6-4-5-7-20(18)23/h4-11H,12H2,1-3H3,(H,24,27). The number of aryl methyl sites for hydroxylation is 1. The lowest BCUT2D eigenvalue weighted by Gasteiger charge is -2.16. The molecule has 0 spiro atoms. The summed E-state index contributed by atoms with van der Waals surface area (Å²) in [6.07, 6.45) is 0. The van der Waals surface area contributed by atoms with E-state index in [1.165, 1.54) is 19.1 Å². The molecule has 3 rings (SSSR count). The zero-order chi connectivity index (χ0) is 22.0. The van der Waals surface area contributed by atoms with E-state index in [4.69, 9.17) is 11.6 Å². The number of halogens is 1. The summed E-state index contributed by atoms with van der Waals surface area (Å²) < 4.78 is 1.83. The minimum Gasteiger partial charge on any atom is -0.351 e. The van der Waals surface area contributed by atoms with Gasteiger partial charge in [-0.05, 0) is 43.7 Å². The summed E-state index contributed by atoms with van der Waals surface area (Å²) in [5.41, 5.74) is 3.27. The van der Waals surface area contributed by atoms with E-state index in [9.17, 15) is 19.7 Å². The number of aromatic nitrogens is 1. The van der Waals surface area contributed by atoms with E-state index in [0.29, 0.717) is 5.69 Å². The minimum atomic E-state index is -0.543. The van der Waals surface area contributed by atoms with Gasteiger partial charge in [-0.15, -0.1) is 0 Å². The number of nitro benzene ring substituents is 1. The number of nitrogens with one attached hydrogen (secondary N) is 1. The number of carbonyl (C=O) groups excluding carboxylic acids is 2. The highest BCUT2D eigenvalue weighted by atomic mass is 35.5. The SMILES string of the molecule is CC(=O)NCc1cc(C)c(C)n1-c1ccc([N+](=O)[O-])cc1C(=O)c1ccccc1Cl. The number of nitro groups is 1. The molecule has 2 aromatic carbocycles. The first kappa shape index (κ1) is 21.3. The maximum absolute atomic E-state index is 13.3. The van der Waals surface area contributed by atoms with E-state index in [0.717, 1.165) is 17.0 Å². The highest BCUT2D eigenvalue weighted by molar-refractivity contribution is 6.35. The fourth-order valence-corrected chi connectivity index (χ4v) is 3.52. The van der Waals surface area contributed by atoms with Crippen LogP contribution in [-0.2, 0) is 11.3 Å². The van der Waals surface area contributed by atoms with Crippen LogP contribution in [0, 0.1) is 24.0 Å². The van der Waals surface area contributed by atoms with Gasteiger partial charge >= 0.3 is 0 Å². The largest absolute Gasteiger partial charge is 0.351 e. The number of hydrogen-bond donors (Lipinski definition) is 1. The van der Waals surface area contributed by atoms with Crippen LogP contribution in [0.5, 0.6) is 0 Å². The van der Waals surface area contributed by atoms with Gasteiger partial charge in [0.1, 0.15) is 0 Å². The molecule has 30 heavy (non-hydrogen) atoms. The summed E-state index contributed by atoms with van der Waals surface area (Å²) >= 11 is 6.21. The van der Waals surface area contributed by atoms with Crippen LogP contribution in [0.4, 0.5) is 5.69 Å². The summed E-state index contributed by atoms with van der Waals surface area (Å²) in [6, 6.07) is 12.6. The second-order valence-corrected chi connectivity index (χ2v) is 7.32. The molecule has 3 aromatic rings. The average Bonchev–Trinajstić information content (AvgIpc) is 2.99. The van der Waals surface area contributed by atoms with Gasteiger partial charge in [0.15, 0.2) is 5.78 Å². The van der Waals surface area contributed by atoms with E-state index in [2.05, 4.69) is 5.32 Å². The third-order valence-electron chi connectivity index (χ3n) is 4.89. The highest BCUT2D eigenvalue weighted by Crippen LogP contribution is 2.30. The van der Waals surface area contributed by atoms with Crippen molar-refractivity contribution in [3.8, 4) is 5.69 Å². The van der Waals surface area contributed by atoms with Crippen molar-refractivity contribution in [2.75, 3.05) is 0 Å². The summed E-state index contributed by atoms with van der Waals surface area (Å²) in [5.74, 6) is -0.607. The predicted octanol–water partition coefficient (Wildman–Crippen LogP) is 4.52. The second-order valence-electron chi connectivity index (χ2n) is 6.92. The molecule has 0 atom stereocenters. The topological polar surface area (TPSA) is 94.2 Å². The summed E-state index contributed by atoms with van der Waals surface area (Å²) in [5, 5.41) is 14.4. The Balaban J connectivity index is 2.24. The quantitative estimate of drug-likeness (QED) is 0.357. The zero-order valence-corrected chi connectivity index (χ0v) is 17.5. The monoisotopic (exact) mass is 425 g/mol. The number of rotatable bonds is 6. The van der Waals surface area contributed by atoms with Crippen molar-refractivity contribution in [3.05, 3.63) is 91.7 Å². The normalized spacial score (nSPS) is 10.7.